The van der Waals surface area contributed by atoms with Gasteiger partial charge in [-0.05, 0) is 49.9 Å². The smallest absolute Gasteiger partial charge is 0.404 e. The molecule has 1 amide bonds. The van der Waals surface area contributed by atoms with Crippen molar-refractivity contribution in [3.63, 3.8) is 0 Å². The van der Waals surface area contributed by atoms with Crippen molar-refractivity contribution in [2.75, 3.05) is 0 Å². The number of aliphatic hydroxyl groups is 4. The Morgan fingerprint density at radius 1 is 1.12 bits per heavy atom. The third-order valence-electron chi connectivity index (χ3n) is 10.1. The van der Waals surface area contributed by atoms with Gasteiger partial charge in [0.05, 0.1) is 29.8 Å². The SMILES string of the molecule is C=C/C=C\[C@H](C)[C@H](OC(N)=O)[C@@H](C)[C@H](O)[C@H](C)CC(C)(O)[C@H]1[C@H](C)[C@@H](O)[C@@H](C)[C@@H]1/C=C/C[C@@H]1OC(=O)[C@H](C)[C@@H](O)[C@H]1C. The maximum absolute atomic E-state index is 12.2. The van der Waals surface area contributed by atoms with Gasteiger partial charge < -0.3 is 35.6 Å². The summed E-state index contributed by atoms with van der Waals surface area (Å²) in [6.07, 6.45) is 5.44. The number of hydrogen-bond acceptors (Lipinski definition) is 8. The summed E-state index contributed by atoms with van der Waals surface area (Å²) in [6.45, 7) is 18.4. The van der Waals surface area contributed by atoms with Crippen molar-refractivity contribution < 1.29 is 39.5 Å². The second kappa shape index (κ2) is 15.0. The van der Waals surface area contributed by atoms with Crippen LogP contribution in [0.1, 0.15) is 68.2 Å². The summed E-state index contributed by atoms with van der Waals surface area (Å²) in [5, 5.41) is 44.7. The molecule has 42 heavy (non-hydrogen) atoms. The van der Waals surface area contributed by atoms with Crippen LogP contribution in [0.3, 0.4) is 0 Å². The number of nitrogens with two attached hydrogens (primary N) is 1. The molecule has 9 heteroatoms. The molecule has 1 saturated heterocycles. The summed E-state index contributed by atoms with van der Waals surface area (Å²) in [6, 6.07) is 0. The van der Waals surface area contributed by atoms with Crippen LogP contribution in [0, 0.1) is 53.3 Å². The van der Waals surface area contributed by atoms with E-state index in [4.69, 9.17) is 15.2 Å². The molecule has 1 heterocycles. The van der Waals surface area contributed by atoms with Crippen LogP contribution in [-0.4, -0.2) is 68.6 Å². The number of aliphatic hydroxyl groups excluding tert-OH is 3. The number of carbonyl (C=O) groups is 2. The fourth-order valence-corrected chi connectivity index (χ4v) is 7.50. The van der Waals surface area contributed by atoms with E-state index in [-0.39, 0.29) is 47.8 Å². The van der Waals surface area contributed by atoms with Crippen molar-refractivity contribution in [3.05, 3.63) is 37.0 Å². The van der Waals surface area contributed by atoms with E-state index in [1.165, 1.54) is 0 Å². The minimum atomic E-state index is -1.25. The number of esters is 1. The topological polar surface area (TPSA) is 160 Å². The molecule has 9 nitrogen and oxygen atoms in total. The lowest BCUT2D eigenvalue weighted by atomic mass is 9.70. The second-order valence-corrected chi connectivity index (χ2v) is 13.4. The van der Waals surface area contributed by atoms with Gasteiger partial charge in [-0.3, -0.25) is 4.79 Å². The molecule has 0 radical (unpaired) electrons. The zero-order valence-electron chi connectivity index (χ0n) is 26.6. The van der Waals surface area contributed by atoms with E-state index in [1.807, 2.05) is 52.8 Å². The van der Waals surface area contributed by atoms with Gasteiger partial charge in [0.1, 0.15) is 12.2 Å². The molecule has 1 aliphatic carbocycles. The first-order valence-corrected chi connectivity index (χ1v) is 15.3. The van der Waals surface area contributed by atoms with Gasteiger partial charge >= 0.3 is 12.1 Å². The second-order valence-electron chi connectivity index (χ2n) is 13.4. The quantitative estimate of drug-likeness (QED) is 0.122. The predicted molar refractivity (Wildman–Crippen MR) is 162 cm³/mol. The molecule has 2 rings (SSSR count). The number of hydrogen-bond donors (Lipinski definition) is 5. The standard InChI is InChI=1S/C33H55NO8/c1-10-11-13-17(2)30(42-32(34)39)22(7)27(35)18(3)16-33(9,40)26-21(6)28(36)19(4)24(26)14-12-15-25-20(5)29(37)23(8)31(38)41-25/h10-14,17-30,35-37,40H,1,15-16H2,2-9H3,(H2,34,39)/b13-11-,14-12+/t17-,18+,19-,20-,21-,22-,23+,24-,25-,26-,27+,28-,29-,30-,33?/m0/s1. The van der Waals surface area contributed by atoms with Crippen LogP contribution in [-0.2, 0) is 14.3 Å². The third-order valence-corrected chi connectivity index (χ3v) is 10.1. The van der Waals surface area contributed by atoms with Gasteiger partial charge in [0, 0.05) is 24.2 Å². The largest absolute Gasteiger partial charge is 0.461 e. The van der Waals surface area contributed by atoms with Gasteiger partial charge in [0.15, 0.2) is 0 Å². The molecular formula is C33H55NO8. The maximum atomic E-state index is 12.2. The highest BCUT2D eigenvalue weighted by Crippen LogP contribution is 2.49. The molecule has 0 aromatic carbocycles. The fraction of sp³-hybridized carbons (Fsp3) is 0.758. The zero-order valence-corrected chi connectivity index (χ0v) is 26.6. The number of rotatable bonds is 13. The van der Waals surface area contributed by atoms with E-state index >= 15 is 0 Å². The molecule has 6 N–H and O–H groups in total. The molecular weight excluding hydrogens is 538 g/mol. The highest BCUT2D eigenvalue weighted by molar-refractivity contribution is 5.73. The van der Waals surface area contributed by atoms with Crippen LogP contribution in [0.4, 0.5) is 4.79 Å². The van der Waals surface area contributed by atoms with Crippen molar-refractivity contribution in [2.45, 2.75) is 104 Å². The third kappa shape index (κ3) is 8.24. The molecule has 0 aromatic rings. The van der Waals surface area contributed by atoms with E-state index in [1.54, 1.807) is 32.9 Å². The minimum Gasteiger partial charge on any atom is -0.461 e. The molecule has 1 aliphatic heterocycles. The molecule has 1 saturated carbocycles. The van der Waals surface area contributed by atoms with Gasteiger partial charge in [-0.25, -0.2) is 4.79 Å². The molecule has 15 atom stereocenters. The first kappa shape index (κ1) is 36.0. The lowest BCUT2D eigenvalue weighted by Crippen LogP contribution is -2.46. The first-order chi connectivity index (χ1) is 19.5. The first-order valence-electron chi connectivity index (χ1n) is 15.3. The Balaban J connectivity index is 2.21. The van der Waals surface area contributed by atoms with E-state index < -0.39 is 60.0 Å². The molecule has 0 aromatic heterocycles. The van der Waals surface area contributed by atoms with Gasteiger partial charge in [0.25, 0.3) is 0 Å². The lowest BCUT2D eigenvalue weighted by Gasteiger charge is -2.41. The average Bonchev–Trinajstić information content (AvgIpc) is 3.14. The minimum absolute atomic E-state index is 0.130. The Morgan fingerprint density at radius 3 is 2.31 bits per heavy atom. The number of primary amides is 1. The number of allylic oxidation sites excluding steroid dienone is 3. The van der Waals surface area contributed by atoms with Crippen molar-refractivity contribution >= 4 is 12.1 Å². The van der Waals surface area contributed by atoms with Crippen LogP contribution in [0.5, 0.6) is 0 Å². The van der Waals surface area contributed by atoms with Gasteiger partial charge in [-0.15, -0.1) is 0 Å². The van der Waals surface area contributed by atoms with Gasteiger partial charge in [-0.2, -0.15) is 0 Å². The van der Waals surface area contributed by atoms with Crippen LogP contribution in [0.25, 0.3) is 0 Å². The average molecular weight is 594 g/mol. The molecule has 1 unspecified atom stereocenters. The van der Waals surface area contributed by atoms with Crippen molar-refractivity contribution in [1.29, 1.82) is 0 Å². The van der Waals surface area contributed by atoms with E-state index in [0.717, 1.165) is 0 Å². The molecule has 0 bridgehead atoms. The van der Waals surface area contributed by atoms with Gasteiger partial charge in [-0.1, -0.05) is 78.5 Å². The lowest BCUT2D eigenvalue weighted by molar-refractivity contribution is -0.176. The van der Waals surface area contributed by atoms with Gasteiger partial charge in [0.2, 0.25) is 0 Å². The summed E-state index contributed by atoms with van der Waals surface area (Å²) in [7, 11) is 0. The van der Waals surface area contributed by atoms with E-state index in [2.05, 4.69) is 6.58 Å². The number of carbonyl (C=O) groups excluding carboxylic acids is 2. The summed E-state index contributed by atoms with van der Waals surface area (Å²) < 4.78 is 11.0. The van der Waals surface area contributed by atoms with Crippen LogP contribution >= 0.6 is 0 Å². The van der Waals surface area contributed by atoms with Crippen molar-refractivity contribution in [2.24, 2.45) is 59.0 Å². The Labute approximate surface area is 251 Å². The highest BCUT2D eigenvalue weighted by Gasteiger charge is 2.52. The summed E-state index contributed by atoms with van der Waals surface area (Å²) in [5.74, 6) is -3.09. The van der Waals surface area contributed by atoms with E-state index in [0.29, 0.717) is 6.42 Å². The summed E-state index contributed by atoms with van der Waals surface area (Å²) >= 11 is 0. The Bertz CT molecular complexity index is 979. The van der Waals surface area contributed by atoms with Crippen LogP contribution in [0.2, 0.25) is 0 Å². The predicted octanol–water partition coefficient (Wildman–Crippen LogP) is 3.99. The Kier molecular flexibility index (Phi) is 12.9. The molecule has 2 fully saturated rings. The van der Waals surface area contributed by atoms with Crippen LogP contribution in [0.15, 0.2) is 37.0 Å². The Morgan fingerprint density at radius 2 is 1.74 bits per heavy atom. The molecule has 2 aliphatic rings. The normalized spacial score (nSPS) is 37.0. The zero-order chi connectivity index (χ0) is 32.1. The molecule has 0 spiro atoms. The number of ether oxygens (including phenoxy) is 2. The molecule has 240 valence electrons. The number of amides is 1. The highest BCUT2D eigenvalue weighted by atomic mass is 16.6. The van der Waals surface area contributed by atoms with Crippen molar-refractivity contribution in [1.82, 2.24) is 0 Å². The fourth-order valence-electron chi connectivity index (χ4n) is 7.50. The van der Waals surface area contributed by atoms with Crippen molar-refractivity contribution in [3.8, 4) is 0 Å². The summed E-state index contributed by atoms with van der Waals surface area (Å²) in [5.41, 5.74) is 4.09. The summed E-state index contributed by atoms with van der Waals surface area (Å²) in [4.78, 5) is 23.8. The van der Waals surface area contributed by atoms with Crippen LogP contribution < -0.4 is 5.73 Å². The number of cyclic esters (lactones) is 1. The van der Waals surface area contributed by atoms with E-state index in [9.17, 15) is 30.0 Å². The Hall–Kier alpha value is -2.20. The maximum Gasteiger partial charge on any atom is 0.404 e. The monoisotopic (exact) mass is 593 g/mol.